The van der Waals surface area contributed by atoms with Crippen LogP contribution in [0.5, 0.6) is 5.75 Å². The normalized spacial score (nSPS) is 26.1. The number of hydrogen-bond acceptors (Lipinski definition) is 2. The quantitative estimate of drug-likeness (QED) is 0.511. The topological polar surface area (TPSA) is 21.6 Å². The summed E-state index contributed by atoms with van der Waals surface area (Å²) < 4.78 is 9.94. The van der Waals surface area contributed by atoms with Gasteiger partial charge < -0.3 is 0 Å². The molecule has 4 rings (SSSR count). The zero-order valence-corrected chi connectivity index (χ0v) is 15.0. The number of para-hydroxylation sites is 1. The first-order valence-corrected chi connectivity index (χ1v) is 14.6. The molecule has 2 heterocycles. The van der Waals surface area contributed by atoms with Gasteiger partial charge in [-0.1, -0.05) is 0 Å². The van der Waals surface area contributed by atoms with E-state index in [2.05, 4.69) is 56.3 Å². The third-order valence-electron chi connectivity index (χ3n) is 4.28. The summed E-state index contributed by atoms with van der Waals surface area (Å²) in [5, 5.41) is 0. The second-order valence-corrected chi connectivity index (χ2v) is 16.5. The van der Waals surface area contributed by atoms with Gasteiger partial charge in [0, 0.05) is 0 Å². The fourth-order valence-electron chi connectivity index (χ4n) is 3.22. The fourth-order valence-corrected chi connectivity index (χ4v) is 7.59. The van der Waals surface area contributed by atoms with Gasteiger partial charge in [0.1, 0.15) is 0 Å². The predicted molar refractivity (Wildman–Crippen MR) is 104 cm³/mol. The van der Waals surface area contributed by atoms with E-state index in [1.165, 1.54) is 21.1 Å². The van der Waals surface area contributed by atoms with Crippen molar-refractivity contribution in [1.29, 1.82) is 0 Å². The zero-order chi connectivity index (χ0) is 15.2. The molecule has 0 saturated carbocycles. The van der Waals surface area contributed by atoms with Crippen LogP contribution >= 0.6 is 18.0 Å². The number of hydrogen-bond donors (Lipinski definition) is 0. The molecule has 2 aliphatic heterocycles. The molecule has 2 aromatic carbocycles. The van der Waals surface area contributed by atoms with Crippen LogP contribution in [0.25, 0.3) is 11.1 Å². The SMILES string of the molecule is CI1(C)=CC=NC(C2Oc3ccccc3-c3ccccc32)C1. The van der Waals surface area contributed by atoms with Crippen LogP contribution in [0.2, 0.25) is 0 Å². The number of ether oxygens (including phenoxy) is 1. The summed E-state index contributed by atoms with van der Waals surface area (Å²) in [6.07, 6.45) is 2.08. The Labute approximate surface area is 135 Å². The van der Waals surface area contributed by atoms with Gasteiger partial charge in [0.05, 0.1) is 0 Å². The Balaban J connectivity index is 1.80. The van der Waals surface area contributed by atoms with Gasteiger partial charge in [0.2, 0.25) is 0 Å². The van der Waals surface area contributed by atoms with Crippen molar-refractivity contribution in [3.05, 3.63) is 54.1 Å². The first-order chi connectivity index (χ1) is 10.6. The molecule has 0 fully saturated rings. The van der Waals surface area contributed by atoms with E-state index in [-0.39, 0.29) is 12.1 Å². The van der Waals surface area contributed by atoms with Gasteiger partial charge in [0.15, 0.2) is 0 Å². The van der Waals surface area contributed by atoms with Crippen molar-refractivity contribution in [1.82, 2.24) is 0 Å². The Kier molecular flexibility index (Phi) is 3.40. The number of aliphatic imine (C=N–C) groups is 1. The number of fused-ring (bicyclic) bond motifs is 3. The van der Waals surface area contributed by atoms with Crippen molar-refractivity contribution in [2.45, 2.75) is 12.1 Å². The second kappa shape index (κ2) is 5.30. The number of nitrogens with zero attached hydrogens (tertiary/aromatic N) is 1. The van der Waals surface area contributed by atoms with E-state index >= 15 is 0 Å². The van der Waals surface area contributed by atoms with Crippen molar-refractivity contribution >= 4 is 28.2 Å². The molecule has 2 aromatic rings. The molecular formula is C19H20INO. The van der Waals surface area contributed by atoms with Crippen molar-refractivity contribution in [2.24, 2.45) is 4.99 Å². The predicted octanol–water partition coefficient (Wildman–Crippen LogP) is 4.34. The van der Waals surface area contributed by atoms with Gasteiger partial charge in [-0.15, -0.1) is 0 Å². The first kappa shape index (κ1) is 14.1. The molecular weight excluding hydrogens is 385 g/mol. The van der Waals surface area contributed by atoms with Crippen LogP contribution in [0.3, 0.4) is 0 Å². The van der Waals surface area contributed by atoms with Crippen LogP contribution in [0.1, 0.15) is 11.7 Å². The van der Waals surface area contributed by atoms with Crippen LogP contribution in [0.15, 0.2) is 53.5 Å². The van der Waals surface area contributed by atoms with E-state index in [1.54, 1.807) is 0 Å². The van der Waals surface area contributed by atoms with Gasteiger partial charge >= 0.3 is 135 Å². The summed E-state index contributed by atoms with van der Waals surface area (Å²) in [5.74, 6) is 0.986. The molecule has 0 bridgehead atoms. The van der Waals surface area contributed by atoms with Crippen molar-refractivity contribution in [3.8, 4) is 16.9 Å². The monoisotopic (exact) mass is 405 g/mol. The Hall–Kier alpha value is -1.49. The van der Waals surface area contributed by atoms with E-state index < -0.39 is 18.0 Å². The number of halogens is 1. The third-order valence-corrected chi connectivity index (χ3v) is 9.72. The molecule has 2 atom stereocenters. The van der Waals surface area contributed by atoms with E-state index in [9.17, 15) is 0 Å². The molecule has 0 amide bonds. The molecule has 0 saturated heterocycles. The Bertz CT molecular complexity index is 803. The average molecular weight is 405 g/mol. The van der Waals surface area contributed by atoms with E-state index in [4.69, 9.17) is 9.73 Å². The summed E-state index contributed by atoms with van der Waals surface area (Å²) >= 11 is -1.74. The molecule has 2 unspecified atom stereocenters. The fraction of sp³-hybridized carbons (Fsp3) is 0.263. The van der Waals surface area contributed by atoms with Gasteiger partial charge in [0.25, 0.3) is 0 Å². The maximum absolute atomic E-state index is 6.39. The van der Waals surface area contributed by atoms with Gasteiger partial charge in [-0.05, 0) is 0 Å². The molecule has 0 N–H and O–H groups in total. The van der Waals surface area contributed by atoms with Crippen LogP contribution in [-0.2, 0) is 0 Å². The Morgan fingerprint density at radius 1 is 1.00 bits per heavy atom. The molecule has 2 nitrogen and oxygen atoms in total. The standard InChI is InChI=1S/C19H20INO/c1-20(2)11-12-21-17(13-20)19-16-9-4-3-7-14(16)15-8-5-6-10-18(15)22-19/h3-12,17,19H,13H2,1-2H3. The minimum absolute atomic E-state index is 0.0407. The Morgan fingerprint density at radius 3 is 2.55 bits per heavy atom. The number of alkyl halides is 3. The van der Waals surface area contributed by atoms with Crippen molar-refractivity contribution in [2.75, 3.05) is 14.3 Å². The van der Waals surface area contributed by atoms with Crippen LogP contribution in [0.4, 0.5) is 0 Å². The number of rotatable bonds is 1. The van der Waals surface area contributed by atoms with Crippen molar-refractivity contribution < 1.29 is 4.74 Å². The first-order valence-electron chi connectivity index (χ1n) is 7.47. The van der Waals surface area contributed by atoms with Gasteiger partial charge in [-0.25, -0.2) is 0 Å². The minimum atomic E-state index is -1.74. The second-order valence-electron chi connectivity index (χ2n) is 6.27. The third kappa shape index (κ3) is 2.41. The molecule has 114 valence electrons. The molecule has 0 spiro atoms. The maximum atomic E-state index is 6.39. The molecule has 22 heavy (non-hydrogen) atoms. The Morgan fingerprint density at radius 2 is 1.73 bits per heavy atom. The number of benzene rings is 2. The van der Waals surface area contributed by atoms with E-state index in [1.807, 2.05) is 12.3 Å². The molecule has 0 radical (unpaired) electrons. The molecule has 3 heteroatoms. The van der Waals surface area contributed by atoms with E-state index in [0.717, 1.165) is 5.75 Å². The summed E-state index contributed by atoms with van der Waals surface area (Å²) in [6, 6.07) is 17.2. The van der Waals surface area contributed by atoms with E-state index in [0.29, 0.717) is 0 Å². The summed E-state index contributed by atoms with van der Waals surface area (Å²) in [7, 11) is 0. The molecule has 2 aliphatic rings. The summed E-state index contributed by atoms with van der Waals surface area (Å²) in [5.41, 5.74) is 3.77. The summed E-state index contributed by atoms with van der Waals surface area (Å²) in [4.78, 5) is 9.64. The van der Waals surface area contributed by atoms with Gasteiger partial charge in [-0.2, -0.15) is 0 Å². The van der Waals surface area contributed by atoms with Crippen molar-refractivity contribution in [3.63, 3.8) is 0 Å². The molecule has 0 aliphatic carbocycles. The zero-order valence-electron chi connectivity index (χ0n) is 12.9. The van der Waals surface area contributed by atoms with Crippen LogP contribution < -0.4 is 4.74 Å². The average Bonchev–Trinajstić information content (AvgIpc) is 2.53. The summed E-state index contributed by atoms with van der Waals surface area (Å²) in [6.45, 7) is 0. The van der Waals surface area contributed by atoms with Crippen LogP contribution in [-0.4, -0.2) is 30.6 Å². The van der Waals surface area contributed by atoms with Gasteiger partial charge in [-0.3, -0.25) is 0 Å². The molecule has 0 aromatic heterocycles. The van der Waals surface area contributed by atoms with Crippen LogP contribution in [0, 0.1) is 0 Å².